The van der Waals surface area contributed by atoms with Crippen molar-refractivity contribution >= 4 is 31.9 Å². The second kappa shape index (κ2) is 7.07. The van der Waals surface area contributed by atoms with Crippen LogP contribution in [0.3, 0.4) is 0 Å². The predicted octanol–water partition coefficient (Wildman–Crippen LogP) is 3.58. The summed E-state index contributed by atoms with van der Waals surface area (Å²) in [6.45, 7) is 2.24. The van der Waals surface area contributed by atoms with E-state index in [1.54, 1.807) is 0 Å². The van der Waals surface area contributed by atoms with Crippen molar-refractivity contribution in [2.24, 2.45) is 5.92 Å². The normalized spacial score (nSPS) is 13.7. The third kappa shape index (κ3) is 5.41. The van der Waals surface area contributed by atoms with Crippen LogP contribution in [-0.2, 0) is 0 Å². The summed E-state index contributed by atoms with van der Waals surface area (Å²) in [6, 6.07) is 0. The van der Waals surface area contributed by atoms with Gasteiger partial charge in [0.1, 0.15) is 0 Å². The fourth-order valence-electron chi connectivity index (χ4n) is 0.861. The molecule has 0 aromatic carbocycles. The molecule has 0 aliphatic rings. The van der Waals surface area contributed by atoms with E-state index in [0.717, 1.165) is 16.6 Å². The summed E-state index contributed by atoms with van der Waals surface area (Å²) in [5.41, 5.74) is 0. The topological polar surface area (TPSA) is 0 Å². The zero-order valence-electron chi connectivity index (χ0n) is 5.87. The average molecular weight is 258 g/mol. The minimum absolute atomic E-state index is 0.884. The van der Waals surface area contributed by atoms with Gasteiger partial charge in [-0.2, -0.15) is 0 Å². The van der Waals surface area contributed by atoms with Crippen molar-refractivity contribution in [3.05, 3.63) is 0 Å². The molecule has 0 amide bonds. The molecule has 0 fully saturated rings. The van der Waals surface area contributed by atoms with E-state index in [-0.39, 0.29) is 0 Å². The first-order valence-electron chi connectivity index (χ1n) is 3.47. The summed E-state index contributed by atoms with van der Waals surface area (Å²) >= 11 is 6.94. The van der Waals surface area contributed by atoms with E-state index in [0.29, 0.717) is 0 Å². The van der Waals surface area contributed by atoms with Crippen molar-refractivity contribution in [2.75, 3.05) is 10.7 Å². The molecule has 0 aromatic heterocycles. The second-order valence-electron chi connectivity index (χ2n) is 2.29. The molecule has 0 N–H and O–H groups in total. The van der Waals surface area contributed by atoms with E-state index in [9.17, 15) is 0 Å². The molecule has 0 bridgehead atoms. The van der Waals surface area contributed by atoms with E-state index in [1.165, 1.54) is 19.3 Å². The first-order valence-corrected chi connectivity index (χ1v) is 5.71. The zero-order chi connectivity index (χ0) is 7.11. The average Bonchev–Trinajstić information content (AvgIpc) is 1.88. The maximum Gasteiger partial charge on any atom is 0.00599 e. The molecule has 0 saturated heterocycles. The molecule has 0 saturated carbocycles. The van der Waals surface area contributed by atoms with Crippen LogP contribution in [0.2, 0.25) is 0 Å². The maximum atomic E-state index is 3.50. The van der Waals surface area contributed by atoms with Crippen molar-refractivity contribution < 1.29 is 0 Å². The standard InChI is InChI=1S/C7H14Br2/c1-2-3-7(6-9)4-5-8/h7H,2-6H2,1H3/t7-/m1/s1. The monoisotopic (exact) mass is 256 g/mol. The molecular formula is C7H14Br2. The van der Waals surface area contributed by atoms with Crippen LogP contribution in [0.1, 0.15) is 26.2 Å². The van der Waals surface area contributed by atoms with Gasteiger partial charge in [0.2, 0.25) is 0 Å². The Morgan fingerprint density at radius 2 is 1.89 bits per heavy atom. The minimum Gasteiger partial charge on any atom is -0.0928 e. The van der Waals surface area contributed by atoms with Gasteiger partial charge in [-0.15, -0.1) is 0 Å². The molecule has 1 atom stereocenters. The van der Waals surface area contributed by atoms with Gasteiger partial charge in [-0.1, -0.05) is 45.2 Å². The largest absolute Gasteiger partial charge is 0.0928 e. The molecule has 0 nitrogen and oxygen atoms in total. The lowest BCUT2D eigenvalue weighted by Crippen LogP contribution is -2.01. The van der Waals surface area contributed by atoms with Crippen LogP contribution in [0.25, 0.3) is 0 Å². The van der Waals surface area contributed by atoms with Crippen molar-refractivity contribution in [1.82, 2.24) is 0 Å². The summed E-state index contributed by atoms with van der Waals surface area (Å²) in [5.74, 6) is 0.884. The van der Waals surface area contributed by atoms with Crippen LogP contribution in [0, 0.1) is 5.92 Å². The first-order chi connectivity index (χ1) is 4.35. The van der Waals surface area contributed by atoms with Crippen molar-refractivity contribution in [1.29, 1.82) is 0 Å². The van der Waals surface area contributed by atoms with Gasteiger partial charge in [-0.3, -0.25) is 0 Å². The van der Waals surface area contributed by atoms with Gasteiger partial charge in [0.15, 0.2) is 0 Å². The molecule has 0 heterocycles. The molecule has 0 radical (unpaired) electrons. The predicted molar refractivity (Wildman–Crippen MR) is 50.6 cm³/mol. The van der Waals surface area contributed by atoms with Gasteiger partial charge >= 0.3 is 0 Å². The second-order valence-corrected chi connectivity index (χ2v) is 3.73. The fraction of sp³-hybridized carbons (Fsp3) is 1.00. The lowest BCUT2D eigenvalue weighted by molar-refractivity contribution is 0.526. The molecule has 2 heteroatoms. The summed E-state index contributed by atoms with van der Waals surface area (Å²) in [6.07, 6.45) is 3.97. The molecule has 0 aromatic rings. The molecule has 0 aliphatic heterocycles. The van der Waals surface area contributed by atoms with Gasteiger partial charge in [-0.25, -0.2) is 0 Å². The van der Waals surface area contributed by atoms with Gasteiger partial charge in [0, 0.05) is 10.7 Å². The number of hydrogen-bond acceptors (Lipinski definition) is 0. The Labute approximate surface area is 74.7 Å². The number of halogens is 2. The molecule has 56 valence electrons. The summed E-state index contributed by atoms with van der Waals surface area (Å²) in [7, 11) is 0. The third-order valence-corrected chi connectivity index (χ3v) is 2.81. The Morgan fingerprint density at radius 1 is 1.22 bits per heavy atom. The summed E-state index contributed by atoms with van der Waals surface area (Å²) in [4.78, 5) is 0. The molecule has 0 spiro atoms. The molecule has 0 unspecified atom stereocenters. The van der Waals surface area contributed by atoms with E-state index < -0.39 is 0 Å². The van der Waals surface area contributed by atoms with Crippen LogP contribution < -0.4 is 0 Å². The Balaban J connectivity index is 3.18. The Bertz CT molecular complexity index is 48.9. The highest BCUT2D eigenvalue weighted by molar-refractivity contribution is 9.09. The van der Waals surface area contributed by atoms with E-state index in [2.05, 4.69) is 38.8 Å². The minimum atomic E-state index is 0.884. The summed E-state index contributed by atoms with van der Waals surface area (Å²) in [5, 5.41) is 2.30. The van der Waals surface area contributed by atoms with Gasteiger partial charge in [0.25, 0.3) is 0 Å². The number of hydrogen-bond donors (Lipinski definition) is 0. The van der Waals surface area contributed by atoms with Gasteiger partial charge in [0.05, 0.1) is 0 Å². The molecular weight excluding hydrogens is 244 g/mol. The Hall–Kier alpha value is 0.960. The highest BCUT2D eigenvalue weighted by atomic mass is 79.9. The van der Waals surface area contributed by atoms with Crippen molar-refractivity contribution in [3.63, 3.8) is 0 Å². The first kappa shape index (κ1) is 9.96. The van der Waals surface area contributed by atoms with E-state index in [4.69, 9.17) is 0 Å². The number of rotatable bonds is 5. The molecule has 0 aliphatic carbocycles. The fourth-order valence-corrected chi connectivity index (χ4v) is 2.16. The lowest BCUT2D eigenvalue weighted by Gasteiger charge is -2.09. The Kier molecular flexibility index (Phi) is 7.83. The highest BCUT2D eigenvalue weighted by Gasteiger charge is 2.02. The van der Waals surface area contributed by atoms with Crippen molar-refractivity contribution in [2.45, 2.75) is 26.2 Å². The van der Waals surface area contributed by atoms with Crippen LogP contribution in [-0.4, -0.2) is 10.7 Å². The molecule has 0 rings (SSSR count). The van der Waals surface area contributed by atoms with E-state index >= 15 is 0 Å². The van der Waals surface area contributed by atoms with Crippen LogP contribution in [0.15, 0.2) is 0 Å². The third-order valence-electron chi connectivity index (χ3n) is 1.43. The van der Waals surface area contributed by atoms with Crippen LogP contribution >= 0.6 is 31.9 Å². The lowest BCUT2D eigenvalue weighted by atomic mass is 10.0. The Morgan fingerprint density at radius 3 is 2.22 bits per heavy atom. The summed E-state index contributed by atoms with van der Waals surface area (Å²) < 4.78 is 0. The number of alkyl halides is 2. The van der Waals surface area contributed by atoms with E-state index in [1.807, 2.05) is 0 Å². The smallest absolute Gasteiger partial charge is 0.00599 e. The van der Waals surface area contributed by atoms with Crippen molar-refractivity contribution in [3.8, 4) is 0 Å². The van der Waals surface area contributed by atoms with Gasteiger partial charge in [-0.05, 0) is 18.8 Å². The molecule has 9 heavy (non-hydrogen) atoms. The highest BCUT2D eigenvalue weighted by Crippen LogP contribution is 2.14. The maximum absolute atomic E-state index is 3.50. The zero-order valence-corrected chi connectivity index (χ0v) is 9.04. The van der Waals surface area contributed by atoms with Crippen LogP contribution in [0.4, 0.5) is 0 Å². The van der Waals surface area contributed by atoms with Crippen LogP contribution in [0.5, 0.6) is 0 Å². The quantitative estimate of drug-likeness (QED) is 0.661. The SMILES string of the molecule is CCC[C@@H](CBr)CCBr. The van der Waals surface area contributed by atoms with Gasteiger partial charge < -0.3 is 0 Å².